The maximum atomic E-state index is 6.17. The van der Waals surface area contributed by atoms with Gasteiger partial charge < -0.3 is 14.9 Å². The molecule has 0 radical (unpaired) electrons. The van der Waals surface area contributed by atoms with Gasteiger partial charge in [0.05, 0.1) is 12.3 Å². The van der Waals surface area contributed by atoms with E-state index in [0.29, 0.717) is 5.22 Å². The summed E-state index contributed by atoms with van der Waals surface area (Å²) in [6.07, 6.45) is 2.65. The van der Waals surface area contributed by atoms with Crippen LogP contribution in [0.25, 0.3) is 0 Å². The highest BCUT2D eigenvalue weighted by atomic mass is 32.2. The molecule has 0 bridgehead atoms. The normalized spacial score (nSPS) is 12.3. The average molecular weight is 292 g/mol. The van der Waals surface area contributed by atoms with Crippen molar-refractivity contribution < 1.29 is 9.15 Å². The number of hydrogen-bond donors (Lipinski definition) is 1. The molecule has 0 aliphatic heterocycles. The van der Waals surface area contributed by atoms with Gasteiger partial charge in [0.25, 0.3) is 5.22 Å². The second-order valence-corrected chi connectivity index (χ2v) is 5.56. The molecule has 0 fully saturated rings. The van der Waals surface area contributed by atoms with Crippen LogP contribution >= 0.6 is 11.8 Å². The lowest BCUT2D eigenvalue weighted by Gasteiger charge is -2.11. The standard InChI is InChI=1S/C15H20N2O2S/c1-3-8-18-13-6-4-12(5-7-13)14(16)10-20-15-17-11(2)9-19-15/h4-7,9,14H,3,8,10,16H2,1-2H3. The fraction of sp³-hybridized carbons (Fsp3) is 0.400. The quantitative estimate of drug-likeness (QED) is 0.791. The summed E-state index contributed by atoms with van der Waals surface area (Å²) in [4.78, 5) is 4.24. The van der Waals surface area contributed by atoms with Gasteiger partial charge in [0.15, 0.2) is 0 Å². The van der Waals surface area contributed by atoms with E-state index in [1.54, 1.807) is 6.26 Å². The van der Waals surface area contributed by atoms with Crippen molar-refractivity contribution in [3.05, 3.63) is 41.8 Å². The topological polar surface area (TPSA) is 61.3 Å². The minimum atomic E-state index is -0.0487. The van der Waals surface area contributed by atoms with E-state index in [4.69, 9.17) is 14.9 Å². The van der Waals surface area contributed by atoms with E-state index >= 15 is 0 Å². The number of rotatable bonds is 7. The zero-order valence-corrected chi connectivity index (χ0v) is 12.7. The Morgan fingerprint density at radius 1 is 1.35 bits per heavy atom. The molecule has 108 valence electrons. The first-order chi connectivity index (χ1) is 9.69. The number of hydrogen-bond acceptors (Lipinski definition) is 5. The number of nitrogens with zero attached hydrogens (tertiary/aromatic N) is 1. The number of aromatic nitrogens is 1. The third-order valence-electron chi connectivity index (χ3n) is 2.77. The number of oxazole rings is 1. The first-order valence-corrected chi connectivity index (χ1v) is 7.71. The van der Waals surface area contributed by atoms with Gasteiger partial charge in [-0.15, -0.1) is 0 Å². The summed E-state index contributed by atoms with van der Waals surface area (Å²) in [6, 6.07) is 7.90. The van der Waals surface area contributed by atoms with Gasteiger partial charge in [0, 0.05) is 11.8 Å². The second kappa shape index (κ2) is 7.36. The maximum absolute atomic E-state index is 6.17. The summed E-state index contributed by atoms with van der Waals surface area (Å²) in [5.41, 5.74) is 8.14. The summed E-state index contributed by atoms with van der Waals surface area (Å²) in [7, 11) is 0. The van der Waals surface area contributed by atoms with E-state index in [0.717, 1.165) is 35.8 Å². The summed E-state index contributed by atoms with van der Waals surface area (Å²) in [6.45, 7) is 4.74. The summed E-state index contributed by atoms with van der Waals surface area (Å²) >= 11 is 1.53. The van der Waals surface area contributed by atoms with Crippen LogP contribution in [-0.2, 0) is 0 Å². The van der Waals surface area contributed by atoms with Crippen molar-refractivity contribution in [3.8, 4) is 5.75 Å². The van der Waals surface area contributed by atoms with Crippen LogP contribution in [0.5, 0.6) is 5.75 Å². The molecule has 0 aliphatic rings. The molecule has 20 heavy (non-hydrogen) atoms. The molecule has 1 heterocycles. The average Bonchev–Trinajstić information content (AvgIpc) is 2.89. The third-order valence-corrected chi connectivity index (χ3v) is 3.73. The van der Waals surface area contributed by atoms with Crippen LogP contribution in [0.1, 0.15) is 30.6 Å². The maximum Gasteiger partial charge on any atom is 0.255 e. The molecule has 0 saturated heterocycles. The molecule has 0 saturated carbocycles. The van der Waals surface area contributed by atoms with E-state index in [1.807, 2.05) is 31.2 Å². The van der Waals surface area contributed by atoms with E-state index in [9.17, 15) is 0 Å². The first kappa shape index (κ1) is 14.9. The number of benzene rings is 1. The van der Waals surface area contributed by atoms with Crippen molar-refractivity contribution in [2.24, 2.45) is 5.73 Å². The number of ether oxygens (including phenoxy) is 1. The van der Waals surface area contributed by atoms with Crippen LogP contribution in [0.4, 0.5) is 0 Å². The van der Waals surface area contributed by atoms with E-state index in [1.165, 1.54) is 11.8 Å². The van der Waals surface area contributed by atoms with Gasteiger partial charge >= 0.3 is 0 Å². The Morgan fingerprint density at radius 2 is 2.10 bits per heavy atom. The largest absolute Gasteiger partial charge is 0.494 e. The lowest BCUT2D eigenvalue weighted by molar-refractivity contribution is 0.317. The lowest BCUT2D eigenvalue weighted by atomic mass is 10.1. The highest BCUT2D eigenvalue weighted by Gasteiger charge is 2.09. The smallest absolute Gasteiger partial charge is 0.255 e. The second-order valence-electron chi connectivity index (χ2n) is 4.59. The van der Waals surface area contributed by atoms with Gasteiger partial charge in [0.1, 0.15) is 12.0 Å². The van der Waals surface area contributed by atoms with Gasteiger partial charge in [0.2, 0.25) is 0 Å². The Balaban J connectivity index is 1.86. The van der Waals surface area contributed by atoms with Crippen molar-refractivity contribution in [2.75, 3.05) is 12.4 Å². The molecular formula is C15H20N2O2S. The highest BCUT2D eigenvalue weighted by molar-refractivity contribution is 7.99. The number of nitrogens with two attached hydrogens (primary N) is 1. The molecule has 2 N–H and O–H groups in total. The van der Waals surface area contributed by atoms with Crippen LogP contribution < -0.4 is 10.5 Å². The molecule has 2 rings (SSSR count). The van der Waals surface area contributed by atoms with Gasteiger partial charge in [-0.2, -0.15) is 0 Å². The van der Waals surface area contributed by atoms with Crippen molar-refractivity contribution >= 4 is 11.8 Å². The fourth-order valence-corrected chi connectivity index (χ4v) is 2.53. The monoisotopic (exact) mass is 292 g/mol. The van der Waals surface area contributed by atoms with Crippen molar-refractivity contribution in [2.45, 2.75) is 31.5 Å². The predicted molar refractivity (Wildman–Crippen MR) is 81.1 cm³/mol. The molecule has 2 aromatic rings. The Hall–Kier alpha value is -1.46. The van der Waals surface area contributed by atoms with Crippen LogP contribution in [0.2, 0.25) is 0 Å². The predicted octanol–water partition coefficient (Wildman–Crippen LogP) is 3.56. The summed E-state index contributed by atoms with van der Waals surface area (Å²) < 4.78 is 10.8. The molecule has 1 aromatic heterocycles. The summed E-state index contributed by atoms with van der Waals surface area (Å²) in [5, 5.41) is 0.667. The Bertz CT molecular complexity index is 525. The lowest BCUT2D eigenvalue weighted by Crippen LogP contribution is -2.12. The van der Waals surface area contributed by atoms with Gasteiger partial charge in [-0.3, -0.25) is 0 Å². The van der Waals surface area contributed by atoms with Crippen LogP contribution in [0.3, 0.4) is 0 Å². The van der Waals surface area contributed by atoms with Crippen molar-refractivity contribution in [1.82, 2.24) is 4.98 Å². The molecule has 0 spiro atoms. The minimum absolute atomic E-state index is 0.0487. The van der Waals surface area contributed by atoms with Crippen molar-refractivity contribution in [1.29, 1.82) is 0 Å². The molecule has 4 nitrogen and oxygen atoms in total. The molecular weight excluding hydrogens is 272 g/mol. The minimum Gasteiger partial charge on any atom is -0.494 e. The van der Waals surface area contributed by atoms with Crippen molar-refractivity contribution in [3.63, 3.8) is 0 Å². The first-order valence-electron chi connectivity index (χ1n) is 6.72. The molecule has 1 atom stereocenters. The highest BCUT2D eigenvalue weighted by Crippen LogP contribution is 2.24. The van der Waals surface area contributed by atoms with E-state index < -0.39 is 0 Å². The Kier molecular flexibility index (Phi) is 5.49. The molecule has 0 aliphatic carbocycles. The van der Waals surface area contributed by atoms with Crippen LogP contribution in [0, 0.1) is 6.92 Å². The van der Waals surface area contributed by atoms with E-state index in [-0.39, 0.29) is 6.04 Å². The molecule has 5 heteroatoms. The van der Waals surface area contributed by atoms with Crippen LogP contribution in [-0.4, -0.2) is 17.3 Å². The van der Waals surface area contributed by atoms with Gasteiger partial charge in [-0.1, -0.05) is 30.8 Å². The number of thioether (sulfide) groups is 1. The van der Waals surface area contributed by atoms with Crippen LogP contribution in [0.15, 0.2) is 40.2 Å². The van der Waals surface area contributed by atoms with Gasteiger partial charge in [-0.05, 0) is 31.0 Å². The molecule has 1 unspecified atom stereocenters. The molecule has 0 amide bonds. The number of aryl methyl sites for hydroxylation is 1. The Morgan fingerprint density at radius 3 is 2.70 bits per heavy atom. The third kappa shape index (κ3) is 4.28. The fourth-order valence-electron chi connectivity index (χ4n) is 1.69. The van der Waals surface area contributed by atoms with E-state index in [2.05, 4.69) is 11.9 Å². The molecule has 1 aromatic carbocycles. The SMILES string of the molecule is CCCOc1ccc(C(N)CSc2nc(C)co2)cc1. The summed E-state index contributed by atoms with van der Waals surface area (Å²) in [5.74, 6) is 1.62. The van der Waals surface area contributed by atoms with Gasteiger partial charge in [-0.25, -0.2) is 4.98 Å². The zero-order valence-electron chi connectivity index (χ0n) is 11.8. The zero-order chi connectivity index (χ0) is 14.4. The Labute approximate surface area is 123 Å².